The lowest BCUT2D eigenvalue weighted by Gasteiger charge is -2.34. The van der Waals surface area contributed by atoms with Crippen molar-refractivity contribution in [3.05, 3.63) is 51.9 Å². The first kappa shape index (κ1) is 16.9. The molecule has 0 spiro atoms. The van der Waals surface area contributed by atoms with E-state index in [-0.39, 0.29) is 11.7 Å². The summed E-state index contributed by atoms with van der Waals surface area (Å²) in [7, 11) is 0. The molecule has 25 heavy (non-hydrogen) atoms. The standard InChI is InChI=1S/C16H19N5O4/c1-12-10-13(2-3-15(12)21(23)24)17-16(22)20-7-5-19(6-8-20)11-14-4-9-25-18-14/h2-4,9-10H,5-8,11H2,1H3,(H,17,22). The molecule has 9 heteroatoms. The maximum absolute atomic E-state index is 12.4. The largest absolute Gasteiger partial charge is 0.364 e. The molecular weight excluding hydrogens is 326 g/mol. The van der Waals surface area contributed by atoms with Crippen molar-refractivity contribution < 1.29 is 14.2 Å². The number of rotatable bonds is 4. The normalized spacial score (nSPS) is 15.2. The lowest BCUT2D eigenvalue weighted by molar-refractivity contribution is -0.385. The van der Waals surface area contributed by atoms with E-state index >= 15 is 0 Å². The van der Waals surface area contributed by atoms with E-state index in [1.165, 1.54) is 6.07 Å². The zero-order valence-corrected chi connectivity index (χ0v) is 13.8. The van der Waals surface area contributed by atoms with E-state index in [1.54, 1.807) is 30.2 Å². The first-order chi connectivity index (χ1) is 12.0. The maximum Gasteiger partial charge on any atom is 0.321 e. The average Bonchev–Trinajstić information content (AvgIpc) is 3.08. The number of nitrogens with one attached hydrogen (secondary N) is 1. The molecule has 0 radical (unpaired) electrons. The molecule has 0 aliphatic carbocycles. The molecule has 1 aromatic heterocycles. The van der Waals surface area contributed by atoms with Crippen LogP contribution in [0.5, 0.6) is 0 Å². The molecule has 1 N–H and O–H groups in total. The second kappa shape index (κ2) is 7.31. The van der Waals surface area contributed by atoms with Crippen LogP contribution in [0.25, 0.3) is 0 Å². The topological polar surface area (TPSA) is 105 Å². The number of anilines is 1. The molecule has 2 aromatic rings. The van der Waals surface area contributed by atoms with Gasteiger partial charge in [-0.1, -0.05) is 5.16 Å². The van der Waals surface area contributed by atoms with Crippen molar-refractivity contribution in [1.82, 2.24) is 15.0 Å². The Labute approximate surface area is 144 Å². The van der Waals surface area contributed by atoms with Gasteiger partial charge < -0.3 is 14.7 Å². The third-order valence-corrected chi connectivity index (χ3v) is 4.18. The number of carbonyl (C=O) groups is 1. The Hall–Kier alpha value is -2.94. The number of nitro groups is 1. The number of piperazine rings is 1. The molecule has 1 aliphatic heterocycles. The molecule has 1 aromatic carbocycles. The maximum atomic E-state index is 12.4. The van der Waals surface area contributed by atoms with Crippen LogP contribution in [0.1, 0.15) is 11.3 Å². The summed E-state index contributed by atoms with van der Waals surface area (Å²) in [4.78, 5) is 26.7. The van der Waals surface area contributed by atoms with E-state index in [2.05, 4.69) is 15.4 Å². The molecule has 3 rings (SSSR count). The molecule has 0 bridgehead atoms. The van der Waals surface area contributed by atoms with Gasteiger partial charge in [-0.3, -0.25) is 15.0 Å². The third-order valence-electron chi connectivity index (χ3n) is 4.18. The van der Waals surface area contributed by atoms with Crippen molar-refractivity contribution in [3.63, 3.8) is 0 Å². The minimum absolute atomic E-state index is 0.0412. The quantitative estimate of drug-likeness (QED) is 0.673. The van der Waals surface area contributed by atoms with Gasteiger partial charge in [-0.15, -0.1) is 0 Å². The van der Waals surface area contributed by atoms with Gasteiger partial charge in [0.25, 0.3) is 5.69 Å². The highest BCUT2D eigenvalue weighted by Crippen LogP contribution is 2.22. The van der Waals surface area contributed by atoms with Crippen LogP contribution in [-0.2, 0) is 6.54 Å². The van der Waals surface area contributed by atoms with Gasteiger partial charge in [0.1, 0.15) is 6.26 Å². The Balaban J connectivity index is 1.52. The summed E-state index contributed by atoms with van der Waals surface area (Å²) in [6.45, 7) is 5.06. The molecular formula is C16H19N5O4. The molecule has 1 fully saturated rings. The zero-order valence-electron chi connectivity index (χ0n) is 13.8. The van der Waals surface area contributed by atoms with E-state index in [1.807, 2.05) is 6.07 Å². The summed E-state index contributed by atoms with van der Waals surface area (Å²) in [5.41, 5.74) is 1.98. The van der Waals surface area contributed by atoms with Crippen LogP contribution >= 0.6 is 0 Å². The summed E-state index contributed by atoms with van der Waals surface area (Å²) < 4.78 is 4.82. The number of hydrogen-bond acceptors (Lipinski definition) is 6. The lowest BCUT2D eigenvalue weighted by Crippen LogP contribution is -2.49. The van der Waals surface area contributed by atoms with Crippen LogP contribution < -0.4 is 5.32 Å². The van der Waals surface area contributed by atoms with Gasteiger partial charge in [0, 0.05) is 56.1 Å². The van der Waals surface area contributed by atoms with Crippen molar-refractivity contribution in [1.29, 1.82) is 0 Å². The fourth-order valence-corrected chi connectivity index (χ4v) is 2.80. The van der Waals surface area contributed by atoms with Gasteiger partial charge in [-0.25, -0.2) is 4.79 Å². The summed E-state index contributed by atoms with van der Waals surface area (Å²) in [5, 5.41) is 17.5. The minimum atomic E-state index is -0.435. The lowest BCUT2D eigenvalue weighted by atomic mass is 10.2. The molecule has 2 heterocycles. The van der Waals surface area contributed by atoms with Gasteiger partial charge in [-0.05, 0) is 19.1 Å². The zero-order chi connectivity index (χ0) is 17.8. The Morgan fingerprint density at radius 1 is 1.32 bits per heavy atom. The van der Waals surface area contributed by atoms with Gasteiger partial charge in [0.2, 0.25) is 0 Å². The SMILES string of the molecule is Cc1cc(NC(=O)N2CCN(Cc3ccon3)CC2)ccc1[N+](=O)[O-]. The van der Waals surface area contributed by atoms with Crippen molar-refractivity contribution in [2.75, 3.05) is 31.5 Å². The molecule has 0 atom stereocenters. The highest BCUT2D eigenvalue weighted by atomic mass is 16.6. The Morgan fingerprint density at radius 3 is 2.68 bits per heavy atom. The molecule has 0 unspecified atom stereocenters. The second-order valence-electron chi connectivity index (χ2n) is 5.94. The Bertz CT molecular complexity index is 754. The van der Waals surface area contributed by atoms with Crippen molar-refractivity contribution in [2.45, 2.75) is 13.5 Å². The number of urea groups is 1. The molecule has 0 saturated carbocycles. The predicted octanol–water partition coefficient (Wildman–Crippen LogP) is 2.24. The van der Waals surface area contributed by atoms with Crippen LogP contribution in [0, 0.1) is 17.0 Å². The summed E-state index contributed by atoms with van der Waals surface area (Å²) >= 11 is 0. The smallest absolute Gasteiger partial charge is 0.321 e. The van der Waals surface area contributed by atoms with Crippen molar-refractivity contribution in [3.8, 4) is 0 Å². The average molecular weight is 345 g/mol. The van der Waals surface area contributed by atoms with E-state index in [0.29, 0.717) is 30.9 Å². The number of amides is 2. The van der Waals surface area contributed by atoms with Gasteiger partial charge in [-0.2, -0.15) is 0 Å². The fraction of sp³-hybridized carbons (Fsp3) is 0.375. The van der Waals surface area contributed by atoms with E-state index < -0.39 is 4.92 Å². The van der Waals surface area contributed by atoms with Crippen molar-refractivity contribution in [2.24, 2.45) is 0 Å². The monoisotopic (exact) mass is 345 g/mol. The van der Waals surface area contributed by atoms with Gasteiger partial charge in [0.15, 0.2) is 0 Å². The molecule has 1 saturated heterocycles. The molecule has 9 nitrogen and oxygen atoms in total. The van der Waals surface area contributed by atoms with E-state index in [9.17, 15) is 14.9 Å². The predicted molar refractivity (Wildman–Crippen MR) is 90.2 cm³/mol. The Morgan fingerprint density at radius 2 is 2.08 bits per heavy atom. The fourth-order valence-electron chi connectivity index (χ4n) is 2.80. The summed E-state index contributed by atoms with van der Waals surface area (Å²) in [6, 6.07) is 6.19. The number of aromatic nitrogens is 1. The number of aryl methyl sites for hydroxylation is 1. The first-order valence-corrected chi connectivity index (χ1v) is 7.95. The van der Waals surface area contributed by atoms with Crippen LogP contribution in [0.15, 0.2) is 35.1 Å². The second-order valence-corrected chi connectivity index (χ2v) is 5.94. The highest BCUT2D eigenvalue weighted by molar-refractivity contribution is 5.89. The summed E-state index contributed by atoms with van der Waals surface area (Å²) in [6.07, 6.45) is 1.55. The third kappa shape index (κ3) is 4.13. The van der Waals surface area contributed by atoms with Crippen LogP contribution in [0.3, 0.4) is 0 Å². The molecule has 132 valence electrons. The van der Waals surface area contributed by atoms with E-state index in [4.69, 9.17) is 4.52 Å². The number of nitrogens with zero attached hydrogens (tertiary/aromatic N) is 4. The first-order valence-electron chi connectivity index (χ1n) is 7.95. The highest BCUT2D eigenvalue weighted by Gasteiger charge is 2.22. The number of hydrogen-bond donors (Lipinski definition) is 1. The minimum Gasteiger partial charge on any atom is -0.364 e. The van der Waals surface area contributed by atoms with E-state index in [0.717, 1.165) is 18.8 Å². The van der Waals surface area contributed by atoms with Crippen LogP contribution in [-0.4, -0.2) is 52.1 Å². The van der Waals surface area contributed by atoms with Gasteiger partial charge in [0.05, 0.1) is 10.6 Å². The molecule has 2 amide bonds. The van der Waals surface area contributed by atoms with Crippen molar-refractivity contribution >= 4 is 17.4 Å². The van der Waals surface area contributed by atoms with Gasteiger partial charge >= 0.3 is 6.03 Å². The Kier molecular flexibility index (Phi) is 4.94. The molecule has 1 aliphatic rings. The number of nitro benzene ring substituents is 1. The van der Waals surface area contributed by atoms with Crippen LogP contribution in [0.4, 0.5) is 16.2 Å². The van der Waals surface area contributed by atoms with Crippen LogP contribution in [0.2, 0.25) is 0 Å². The number of benzene rings is 1. The number of carbonyl (C=O) groups excluding carboxylic acids is 1. The summed E-state index contributed by atoms with van der Waals surface area (Å²) in [5.74, 6) is 0.